The van der Waals surface area contributed by atoms with Crippen LogP contribution in [0.4, 0.5) is 4.39 Å². The molecule has 1 aliphatic rings. The van der Waals surface area contributed by atoms with E-state index in [-0.39, 0.29) is 12.4 Å². The molecule has 1 fully saturated rings. The summed E-state index contributed by atoms with van der Waals surface area (Å²) in [6.45, 7) is 0.193. The molecule has 0 saturated heterocycles. The standard InChI is InChI=1S/C13H11ClFN3O/c14-10-2-1-3-11(15)9(10)6-18-13(8-4-5-8)12(7-19)16-17-18/h1-3,7-8H,4-6H2. The molecule has 1 aliphatic carbocycles. The monoisotopic (exact) mass is 279 g/mol. The van der Waals surface area contributed by atoms with Crippen molar-refractivity contribution in [3.05, 3.63) is 46.0 Å². The van der Waals surface area contributed by atoms with Crippen LogP contribution in [0.25, 0.3) is 0 Å². The molecule has 0 bridgehead atoms. The van der Waals surface area contributed by atoms with E-state index in [9.17, 15) is 9.18 Å². The van der Waals surface area contributed by atoms with E-state index in [0.717, 1.165) is 18.5 Å². The van der Waals surface area contributed by atoms with Gasteiger partial charge >= 0.3 is 0 Å². The van der Waals surface area contributed by atoms with Crippen LogP contribution in [0.2, 0.25) is 5.02 Å². The van der Waals surface area contributed by atoms with E-state index >= 15 is 0 Å². The zero-order valence-corrected chi connectivity index (χ0v) is 10.8. The average molecular weight is 280 g/mol. The van der Waals surface area contributed by atoms with Gasteiger partial charge < -0.3 is 0 Å². The van der Waals surface area contributed by atoms with Crippen molar-refractivity contribution in [1.82, 2.24) is 15.0 Å². The quantitative estimate of drug-likeness (QED) is 0.809. The fourth-order valence-electron chi connectivity index (χ4n) is 2.14. The van der Waals surface area contributed by atoms with Crippen LogP contribution in [0.5, 0.6) is 0 Å². The van der Waals surface area contributed by atoms with Crippen LogP contribution < -0.4 is 0 Å². The molecule has 0 radical (unpaired) electrons. The molecule has 19 heavy (non-hydrogen) atoms. The van der Waals surface area contributed by atoms with Gasteiger partial charge in [-0.3, -0.25) is 4.79 Å². The molecule has 2 aromatic rings. The van der Waals surface area contributed by atoms with Gasteiger partial charge in [-0.1, -0.05) is 22.9 Å². The van der Waals surface area contributed by atoms with Crippen molar-refractivity contribution >= 4 is 17.9 Å². The van der Waals surface area contributed by atoms with E-state index < -0.39 is 0 Å². The molecular formula is C13H11ClFN3O. The Morgan fingerprint density at radius 1 is 1.47 bits per heavy atom. The first-order valence-electron chi connectivity index (χ1n) is 6.02. The summed E-state index contributed by atoms with van der Waals surface area (Å²) in [7, 11) is 0. The van der Waals surface area contributed by atoms with Gasteiger partial charge in [0.15, 0.2) is 6.29 Å². The number of nitrogens with zero attached hydrogens (tertiary/aromatic N) is 3. The first kappa shape index (κ1) is 12.3. The third-order valence-corrected chi connectivity index (χ3v) is 3.60. The zero-order valence-electron chi connectivity index (χ0n) is 10.0. The number of carbonyl (C=O) groups is 1. The highest BCUT2D eigenvalue weighted by Gasteiger charge is 2.31. The molecule has 98 valence electrons. The molecule has 3 rings (SSSR count). The number of halogens is 2. The molecule has 1 saturated carbocycles. The van der Waals surface area contributed by atoms with Gasteiger partial charge in [0.1, 0.15) is 11.5 Å². The normalized spacial score (nSPS) is 14.6. The number of carbonyl (C=O) groups excluding carboxylic acids is 1. The number of benzene rings is 1. The van der Waals surface area contributed by atoms with E-state index in [1.54, 1.807) is 16.8 Å². The molecule has 1 heterocycles. The predicted octanol–water partition coefficient (Wildman–Crippen LogP) is 2.81. The van der Waals surface area contributed by atoms with Crippen LogP contribution in [-0.2, 0) is 6.54 Å². The molecule has 0 amide bonds. The van der Waals surface area contributed by atoms with Gasteiger partial charge in [0, 0.05) is 16.5 Å². The Balaban J connectivity index is 1.99. The second kappa shape index (κ2) is 4.74. The second-order valence-corrected chi connectivity index (χ2v) is 5.02. The zero-order chi connectivity index (χ0) is 13.4. The fraction of sp³-hybridized carbons (Fsp3) is 0.308. The first-order chi connectivity index (χ1) is 9.20. The Labute approximate surface area is 114 Å². The maximum atomic E-state index is 13.8. The summed E-state index contributed by atoms with van der Waals surface area (Å²) in [4.78, 5) is 10.9. The number of aldehydes is 1. The highest BCUT2D eigenvalue weighted by atomic mass is 35.5. The highest BCUT2D eigenvalue weighted by molar-refractivity contribution is 6.31. The van der Waals surface area contributed by atoms with Gasteiger partial charge in [-0.25, -0.2) is 9.07 Å². The van der Waals surface area contributed by atoms with Crippen molar-refractivity contribution < 1.29 is 9.18 Å². The van der Waals surface area contributed by atoms with E-state index in [4.69, 9.17) is 11.6 Å². The number of hydrogen-bond acceptors (Lipinski definition) is 3. The van der Waals surface area contributed by atoms with E-state index in [1.807, 2.05) is 0 Å². The predicted molar refractivity (Wildman–Crippen MR) is 67.9 cm³/mol. The summed E-state index contributed by atoms with van der Waals surface area (Å²) >= 11 is 6.00. The summed E-state index contributed by atoms with van der Waals surface area (Å²) in [6.07, 6.45) is 2.72. The lowest BCUT2D eigenvalue weighted by molar-refractivity contribution is 0.111. The third-order valence-electron chi connectivity index (χ3n) is 3.25. The van der Waals surface area contributed by atoms with Gasteiger partial charge in [0.2, 0.25) is 0 Å². The van der Waals surface area contributed by atoms with Crippen molar-refractivity contribution in [2.24, 2.45) is 0 Å². The highest BCUT2D eigenvalue weighted by Crippen LogP contribution is 2.41. The average Bonchev–Trinajstić information content (AvgIpc) is 3.15. The Morgan fingerprint density at radius 3 is 2.89 bits per heavy atom. The molecule has 4 nitrogen and oxygen atoms in total. The molecule has 0 spiro atoms. The minimum absolute atomic E-state index is 0.193. The van der Waals surface area contributed by atoms with Crippen LogP contribution in [0.3, 0.4) is 0 Å². The van der Waals surface area contributed by atoms with Crippen molar-refractivity contribution in [3.63, 3.8) is 0 Å². The van der Waals surface area contributed by atoms with Crippen LogP contribution >= 0.6 is 11.6 Å². The molecule has 0 N–H and O–H groups in total. The third kappa shape index (κ3) is 2.26. The lowest BCUT2D eigenvalue weighted by atomic mass is 10.2. The van der Waals surface area contributed by atoms with Gasteiger partial charge in [-0.05, 0) is 25.0 Å². The lowest BCUT2D eigenvalue weighted by Gasteiger charge is -2.08. The minimum Gasteiger partial charge on any atom is -0.296 e. The summed E-state index contributed by atoms with van der Waals surface area (Å²) in [6, 6.07) is 4.55. The number of hydrogen-bond donors (Lipinski definition) is 0. The summed E-state index contributed by atoms with van der Waals surface area (Å²) in [5.74, 6) is -0.0712. The summed E-state index contributed by atoms with van der Waals surface area (Å²) < 4.78 is 15.3. The molecule has 0 aliphatic heterocycles. The fourth-order valence-corrected chi connectivity index (χ4v) is 2.37. The van der Waals surface area contributed by atoms with Crippen LogP contribution in [-0.4, -0.2) is 21.3 Å². The van der Waals surface area contributed by atoms with Crippen LogP contribution in [0, 0.1) is 5.82 Å². The van der Waals surface area contributed by atoms with Crippen molar-refractivity contribution in [1.29, 1.82) is 0 Å². The summed E-state index contributed by atoms with van der Waals surface area (Å²) in [5, 5.41) is 8.12. The Bertz CT molecular complexity index is 617. The molecule has 0 atom stereocenters. The van der Waals surface area contributed by atoms with Gasteiger partial charge in [-0.15, -0.1) is 5.10 Å². The Kier molecular flexibility index (Phi) is 3.06. The topological polar surface area (TPSA) is 47.8 Å². The van der Waals surface area contributed by atoms with Crippen LogP contribution in [0.15, 0.2) is 18.2 Å². The van der Waals surface area contributed by atoms with Crippen LogP contribution in [0.1, 0.15) is 40.5 Å². The van der Waals surface area contributed by atoms with Crippen molar-refractivity contribution in [3.8, 4) is 0 Å². The Hall–Kier alpha value is -1.75. The molecule has 1 aromatic heterocycles. The minimum atomic E-state index is -0.377. The molecule has 0 unspecified atom stereocenters. The van der Waals surface area contributed by atoms with Gasteiger partial charge in [0.25, 0.3) is 0 Å². The second-order valence-electron chi connectivity index (χ2n) is 4.61. The molecular weight excluding hydrogens is 269 g/mol. The first-order valence-corrected chi connectivity index (χ1v) is 6.40. The van der Waals surface area contributed by atoms with E-state index in [1.165, 1.54) is 6.07 Å². The summed E-state index contributed by atoms with van der Waals surface area (Å²) in [5.41, 5.74) is 1.50. The maximum absolute atomic E-state index is 13.8. The van der Waals surface area contributed by atoms with Gasteiger partial charge in [0.05, 0.1) is 12.2 Å². The van der Waals surface area contributed by atoms with Crippen molar-refractivity contribution in [2.75, 3.05) is 0 Å². The SMILES string of the molecule is O=Cc1nnn(Cc2c(F)cccc2Cl)c1C1CC1. The number of aromatic nitrogens is 3. The maximum Gasteiger partial charge on any atom is 0.172 e. The van der Waals surface area contributed by atoms with E-state index in [2.05, 4.69) is 10.3 Å². The Morgan fingerprint density at radius 2 is 2.26 bits per heavy atom. The van der Waals surface area contributed by atoms with Crippen molar-refractivity contribution in [2.45, 2.75) is 25.3 Å². The smallest absolute Gasteiger partial charge is 0.172 e. The van der Waals surface area contributed by atoms with Gasteiger partial charge in [-0.2, -0.15) is 0 Å². The van der Waals surface area contributed by atoms with E-state index in [0.29, 0.717) is 28.5 Å². The molecule has 1 aromatic carbocycles. The largest absolute Gasteiger partial charge is 0.296 e. The lowest BCUT2D eigenvalue weighted by Crippen LogP contribution is -2.08. The number of rotatable bonds is 4. The molecule has 6 heteroatoms.